The van der Waals surface area contributed by atoms with Gasteiger partial charge in [-0.2, -0.15) is 0 Å². The van der Waals surface area contributed by atoms with Crippen LogP contribution in [0.2, 0.25) is 0 Å². The van der Waals surface area contributed by atoms with E-state index in [4.69, 9.17) is 9.84 Å². The van der Waals surface area contributed by atoms with Crippen LogP contribution >= 0.6 is 0 Å². The molecule has 1 saturated heterocycles. The molecule has 2 nitrogen and oxygen atoms in total. The van der Waals surface area contributed by atoms with E-state index in [0.717, 1.165) is 13.0 Å². The van der Waals surface area contributed by atoms with E-state index in [9.17, 15) is 0 Å². The molecular formula is C12H22O2. The van der Waals surface area contributed by atoms with Crippen LogP contribution in [0.25, 0.3) is 0 Å². The summed E-state index contributed by atoms with van der Waals surface area (Å²) in [4.78, 5) is 0. The number of ether oxygens (including phenoxy) is 1. The molecule has 1 atom stereocenters. The normalized spacial score (nSPS) is 26.3. The van der Waals surface area contributed by atoms with Crippen molar-refractivity contribution < 1.29 is 9.84 Å². The van der Waals surface area contributed by atoms with Gasteiger partial charge in [-0.3, -0.25) is 0 Å². The lowest BCUT2D eigenvalue weighted by Gasteiger charge is -1.98. The molecule has 0 radical (unpaired) electrons. The minimum Gasteiger partial charge on any atom is -0.396 e. The molecule has 82 valence electrons. The number of aliphatic hydroxyl groups excluding tert-OH is 1. The molecular weight excluding hydrogens is 176 g/mol. The molecule has 2 rings (SSSR count). The van der Waals surface area contributed by atoms with Crippen molar-refractivity contribution in [1.29, 1.82) is 0 Å². The average Bonchev–Trinajstić information content (AvgIpc) is 2.89. The summed E-state index contributed by atoms with van der Waals surface area (Å²) < 4.78 is 4.92. The molecule has 0 aromatic rings. The molecule has 0 aromatic heterocycles. The Hall–Kier alpha value is -0.340. The molecule has 2 aliphatic rings. The van der Waals surface area contributed by atoms with Crippen LogP contribution in [0.4, 0.5) is 0 Å². The van der Waals surface area contributed by atoms with Gasteiger partial charge < -0.3 is 9.84 Å². The van der Waals surface area contributed by atoms with E-state index in [1.807, 2.05) is 0 Å². The fourth-order valence-electron chi connectivity index (χ4n) is 1.65. The van der Waals surface area contributed by atoms with Crippen molar-refractivity contribution in [2.75, 3.05) is 13.2 Å². The molecule has 1 aliphatic carbocycles. The maximum Gasteiger partial charge on any atom is 0.0991 e. The number of hydrogen-bond donors (Lipinski definition) is 1. The molecule has 0 bridgehead atoms. The Morgan fingerprint density at radius 1 is 1.36 bits per heavy atom. The summed E-state index contributed by atoms with van der Waals surface area (Å²) in [5, 5.41) is 8.57. The van der Waals surface area contributed by atoms with E-state index < -0.39 is 0 Å². The third kappa shape index (κ3) is 5.40. The second-order valence-electron chi connectivity index (χ2n) is 4.04. The van der Waals surface area contributed by atoms with E-state index in [1.54, 1.807) is 0 Å². The van der Waals surface area contributed by atoms with Gasteiger partial charge in [0, 0.05) is 6.61 Å². The van der Waals surface area contributed by atoms with E-state index in [2.05, 4.69) is 19.1 Å². The zero-order chi connectivity index (χ0) is 10.2. The number of epoxide rings is 1. The van der Waals surface area contributed by atoms with Crippen LogP contribution in [0, 0.1) is 5.92 Å². The lowest BCUT2D eigenvalue weighted by atomic mass is 10.1. The van der Waals surface area contributed by atoms with Crippen LogP contribution in [0.1, 0.15) is 39.0 Å². The summed E-state index contributed by atoms with van der Waals surface area (Å²) in [6, 6.07) is 0. The first-order valence-corrected chi connectivity index (χ1v) is 5.76. The largest absolute Gasteiger partial charge is 0.396 e. The summed E-state index contributed by atoms with van der Waals surface area (Å²) in [5.74, 6) is 0.653. The highest BCUT2D eigenvalue weighted by Crippen LogP contribution is 2.23. The van der Waals surface area contributed by atoms with Crippen molar-refractivity contribution in [3.63, 3.8) is 0 Å². The predicted octanol–water partition coefficient (Wildman–Crippen LogP) is 2.52. The average molecular weight is 198 g/mol. The Morgan fingerprint density at radius 2 is 2.00 bits per heavy atom. The molecule has 1 saturated carbocycles. The van der Waals surface area contributed by atoms with Crippen LogP contribution in [-0.2, 0) is 4.74 Å². The molecule has 0 aromatic carbocycles. The van der Waals surface area contributed by atoms with E-state index >= 15 is 0 Å². The van der Waals surface area contributed by atoms with E-state index in [-0.39, 0.29) is 0 Å². The zero-order valence-corrected chi connectivity index (χ0v) is 9.11. The Bertz CT molecular complexity index is 156. The number of rotatable bonds is 3. The molecule has 14 heavy (non-hydrogen) atoms. The highest BCUT2D eigenvalue weighted by atomic mass is 16.6. The van der Waals surface area contributed by atoms with Crippen molar-refractivity contribution in [1.82, 2.24) is 0 Å². The van der Waals surface area contributed by atoms with Crippen molar-refractivity contribution in [3.8, 4) is 0 Å². The molecule has 1 aliphatic heterocycles. The highest BCUT2D eigenvalue weighted by molar-refractivity contribution is 4.94. The third-order valence-corrected chi connectivity index (χ3v) is 2.68. The second kappa shape index (κ2) is 7.02. The monoisotopic (exact) mass is 198 g/mol. The van der Waals surface area contributed by atoms with E-state index in [1.165, 1.54) is 25.7 Å². The van der Waals surface area contributed by atoms with Gasteiger partial charge in [0.2, 0.25) is 0 Å². The molecule has 2 heteroatoms. The summed E-state index contributed by atoms with van der Waals surface area (Å²) in [6.07, 6.45) is 11.0. The first-order chi connectivity index (χ1) is 6.86. The molecule has 0 spiro atoms. The van der Waals surface area contributed by atoms with Crippen molar-refractivity contribution in [2.45, 2.75) is 45.1 Å². The maximum absolute atomic E-state index is 8.57. The van der Waals surface area contributed by atoms with Crippen LogP contribution in [0.3, 0.4) is 0 Å². The number of aliphatic hydroxyl groups is 1. The Kier molecular flexibility index (Phi) is 5.88. The molecule has 1 heterocycles. The second-order valence-corrected chi connectivity index (χ2v) is 4.04. The maximum atomic E-state index is 8.57. The predicted molar refractivity (Wildman–Crippen MR) is 58.2 cm³/mol. The van der Waals surface area contributed by atoms with Crippen molar-refractivity contribution in [3.05, 3.63) is 12.2 Å². The van der Waals surface area contributed by atoms with Crippen LogP contribution in [0.5, 0.6) is 0 Å². The summed E-state index contributed by atoms with van der Waals surface area (Å²) in [5.41, 5.74) is 0. The number of allylic oxidation sites excluding steroid dienone is 1. The Morgan fingerprint density at radius 3 is 2.36 bits per heavy atom. The van der Waals surface area contributed by atoms with Gasteiger partial charge >= 0.3 is 0 Å². The summed E-state index contributed by atoms with van der Waals surface area (Å²) in [7, 11) is 0. The SMILES string of the molecule is CC/C=C/C1CO1.OCC1CCCC1. The lowest BCUT2D eigenvalue weighted by molar-refractivity contribution is 0.230. The quantitative estimate of drug-likeness (QED) is 0.558. The fraction of sp³-hybridized carbons (Fsp3) is 0.833. The minimum absolute atomic E-state index is 0.417. The third-order valence-electron chi connectivity index (χ3n) is 2.68. The number of hydrogen-bond acceptors (Lipinski definition) is 2. The Labute approximate surface area is 87.0 Å². The fourth-order valence-corrected chi connectivity index (χ4v) is 1.65. The summed E-state index contributed by atoms with van der Waals surface area (Å²) in [6.45, 7) is 3.48. The van der Waals surface area contributed by atoms with Crippen LogP contribution in [0.15, 0.2) is 12.2 Å². The standard InChI is InChI=1S/C6H10O.C6H12O/c1-2-3-4-6-5-7-6;7-5-6-3-1-2-4-6/h3-4,6H,2,5H2,1H3;6-7H,1-5H2/b4-3+;. The smallest absolute Gasteiger partial charge is 0.0991 e. The van der Waals surface area contributed by atoms with Gasteiger partial charge in [0.15, 0.2) is 0 Å². The van der Waals surface area contributed by atoms with Gasteiger partial charge in [-0.15, -0.1) is 0 Å². The molecule has 0 amide bonds. The highest BCUT2D eigenvalue weighted by Gasteiger charge is 2.17. The van der Waals surface area contributed by atoms with Gasteiger partial charge in [-0.1, -0.05) is 31.9 Å². The summed E-state index contributed by atoms with van der Waals surface area (Å²) >= 11 is 0. The minimum atomic E-state index is 0.417. The zero-order valence-electron chi connectivity index (χ0n) is 9.11. The van der Waals surface area contributed by atoms with Crippen LogP contribution in [-0.4, -0.2) is 24.4 Å². The molecule has 1 N–H and O–H groups in total. The first-order valence-electron chi connectivity index (χ1n) is 5.76. The van der Waals surface area contributed by atoms with Crippen LogP contribution < -0.4 is 0 Å². The van der Waals surface area contributed by atoms with E-state index in [0.29, 0.717) is 18.6 Å². The topological polar surface area (TPSA) is 32.8 Å². The first kappa shape index (κ1) is 11.7. The van der Waals surface area contributed by atoms with Gasteiger partial charge in [0.25, 0.3) is 0 Å². The molecule has 2 fully saturated rings. The Balaban J connectivity index is 0.000000140. The van der Waals surface area contributed by atoms with Crippen molar-refractivity contribution in [2.24, 2.45) is 5.92 Å². The van der Waals surface area contributed by atoms with Gasteiger partial charge in [0.05, 0.1) is 12.7 Å². The van der Waals surface area contributed by atoms with Crippen molar-refractivity contribution >= 4 is 0 Å². The molecule has 1 unspecified atom stereocenters. The lowest BCUT2D eigenvalue weighted by Crippen LogP contribution is -1.97. The van der Waals surface area contributed by atoms with Gasteiger partial charge in [-0.05, 0) is 25.2 Å². The van der Waals surface area contributed by atoms with Gasteiger partial charge in [0.1, 0.15) is 0 Å². The van der Waals surface area contributed by atoms with Gasteiger partial charge in [-0.25, -0.2) is 0 Å².